The Morgan fingerprint density at radius 2 is 2.20 bits per heavy atom. The van der Waals surface area contributed by atoms with Gasteiger partial charge in [0.1, 0.15) is 0 Å². The predicted octanol–water partition coefficient (Wildman–Crippen LogP) is 2.63. The van der Waals surface area contributed by atoms with Crippen LogP contribution in [0.3, 0.4) is 0 Å². The Bertz CT molecular complexity index is 408. The highest BCUT2D eigenvalue weighted by molar-refractivity contribution is 8.00. The maximum atomic E-state index is 11.1. The van der Waals surface area contributed by atoms with E-state index < -0.39 is 5.78 Å². The third-order valence-electron chi connectivity index (χ3n) is 2.38. The molecule has 1 aliphatic carbocycles. The minimum absolute atomic E-state index is 0.364. The third-order valence-corrected chi connectivity index (χ3v) is 3.90. The molecule has 0 saturated heterocycles. The third kappa shape index (κ3) is 2.48. The van der Waals surface area contributed by atoms with Gasteiger partial charge in [0.15, 0.2) is 6.29 Å². The van der Waals surface area contributed by atoms with Crippen molar-refractivity contribution in [3.05, 3.63) is 29.3 Å². The molecular formula is C12H12O2S. The minimum Gasteiger partial charge on any atom is -0.294 e. The molecule has 0 unspecified atom stereocenters. The number of thioether (sulfide) groups is 1. The van der Waals surface area contributed by atoms with Gasteiger partial charge in [0.25, 0.3) is 0 Å². The molecule has 2 rings (SSSR count). The second-order valence-corrected chi connectivity index (χ2v) is 5.12. The zero-order valence-electron chi connectivity index (χ0n) is 8.53. The molecule has 0 heterocycles. The summed E-state index contributed by atoms with van der Waals surface area (Å²) in [6.45, 7) is 1.98. The molecule has 2 nitrogen and oxygen atoms in total. The highest BCUT2D eigenvalue weighted by Crippen LogP contribution is 2.40. The van der Waals surface area contributed by atoms with Crippen LogP contribution >= 0.6 is 11.8 Å². The predicted molar refractivity (Wildman–Crippen MR) is 60.5 cm³/mol. The Morgan fingerprint density at radius 1 is 1.47 bits per heavy atom. The van der Waals surface area contributed by atoms with E-state index in [1.165, 1.54) is 17.7 Å². The number of aryl methyl sites for hydroxylation is 1. The van der Waals surface area contributed by atoms with Crippen molar-refractivity contribution in [2.75, 3.05) is 0 Å². The molecule has 0 aromatic heterocycles. The summed E-state index contributed by atoms with van der Waals surface area (Å²) >= 11 is 1.86. The van der Waals surface area contributed by atoms with Gasteiger partial charge in [0.05, 0.1) is 0 Å². The van der Waals surface area contributed by atoms with E-state index in [0.717, 1.165) is 10.8 Å². The Balaban J connectivity index is 2.21. The highest BCUT2D eigenvalue weighted by atomic mass is 32.2. The van der Waals surface area contributed by atoms with Gasteiger partial charge in [-0.1, -0.05) is 0 Å². The zero-order chi connectivity index (χ0) is 10.8. The molecule has 1 fully saturated rings. The molecule has 0 atom stereocenters. The Morgan fingerprint density at radius 3 is 2.73 bits per heavy atom. The number of carbonyl (C=O) groups is 2. The molecule has 1 aromatic rings. The van der Waals surface area contributed by atoms with Gasteiger partial charge in [-0.15, -0.1) is 11.8 Å². The Hall–Kier alpha value is -1.09. The summed E-state index contributed by atoms with van der Waals surface area (Å²) in [6.07, 6.45) is 2.95. The van der Waals surface area contributed by atoms with Crippen molar-refractivity contribution in [3.63, 3.8) is 0 Å². The molecule has 0 amide bonds. The van der Waals surface area contributed by atoms with Crippen LogP contribution in [0.15, 0.2) is 23.1 Å². The van der Waals surface area contributed by atoms with Crippen molar-refractivity contribution in [2.24, 2.45) is 0 Å². The van der Waals surface area contributed by atoms with Crippen molar-refractivity contribution >= 4 is 23.8 Å². The standard InChI is InChI=1S/C12H12O2S/c1-8-6-9(11(14)7-13)2-5-12(8)15-10-3-4-10/h2,5-7,10H,3-4H2,1H3. The van der Waals surface area contributed by atoms with Crippen LogP contribution in [0, 0.1) is 6.92 Å². The summed E-state index contributed by atoms with van der Waals surface area (Å²) in [7, 11) is 0. The van der Waals surface area contributed by atoms with Crippen molar-refractivity contribution in [1.29, 1.82) is 0 Å². The van der Waals surface area contributed by atoms with Crippen molar-refractivity contribution in [1.82, 2.24) is 0 Å². The minimum atomic E-state index is -0.443. The summed E-state index contributed by atoms with van der Waals surface area (Å²) in [5.74, 6) is -0.443. The topological polar surface area (TPSA) is 34.1 Å². The number of Topliss-reactive ketones (excluding diaryl/α,β-unsaturated/α-hetero) is 1. The molecular weight excluding hydrogens is 208 g/mol. The molecule has 0 aliphatic heterocycles. The van der Waals surface area contributed by atoms with E-state index in [1.54, 1.807) is 12.1 Å². The first-order chi connectivity index (χ1) is 7.20. The number of hydrogen-bond acceptors (Lipinski definition) is 3. The summed E-state index contributed by atoms with van der Waals surface area (Å²) in [5.41, 5.74) is 1.57. The Labute approximate surface area is 93.1 Å². The van der Waals surface area contributed by atoms with Crippen LogP contribution in [0.25, 0.3) is 0 Å². The van der Waals surface area contributed by atoms with E-state index in [2.05, 4.69) is 0 Å². The molecule has 15 heavy (non-hydrogen) atoms. The largest absolute Gasteiger partial charge is 0.294 e. The molecule has 0 spiro atoms. The van der Waals surface area contributed by atoms with Crippen LogP contribution in [0.2, 0.25) is 0 Å². The molecule has 1 aromatic carbocycles. The fourth-order valence-corrected chi connectivity index (χ4v) is 2.49. The monoisotopic (exact) mass is 220 g/mol. The van der Waals surface area contributed by atoms with E-state index in [0.29, 0.717) is 11.8 Å². The van der Waals surface area contributed by atoms with E-state index in [-0.39, 0.29) is 0 Å². The van der Waals surface area contributed by atoms with Gasteiger partial charge in [-0.25, -0.2) is 0 Å². The van der Waals surface area contributed by atoms with Gasteiger partial charge in [0, 0.05) is 15.7 Å². The number of rotatable bonds is 4. The fraction of sp³-hybridized carbons (Fsp3) is 0.333. The first-order valence-electron chi connectivity index (χ1n) is 4.97. The number of carbonyl (C=O) groups excluding carboxylic acids is 2. The second-order valence-electron chi connectivity index (χ2n) is 3.78. The summed E-state index contributed by atoms with van der Waals surface area (Å²) in [6, 6.07) is 5.46. The smallest absolute Gasteiger partial charge is 0.225 e. The van der Waals surface area contributed by atoms with Gasteiger partial charge in [-0.2, -0.15) is 0 Å². The number of hydrogen-bond donors (Lipinski definition) is 0. The number of ketones is 1. The molecule has 3 heteroatoms. The average molecular weight is 220 g/mol. The molecule has 0 N–H and O–H groups in total. The lowest BCUT2D eigenvalue weighted by Gasteiger charge is -2.05. The number of benzene rings is 1. The number of aldehydes is 1. The summed E-state index contributed by atoms with van der Waals surface area (Å²) in [5, 5.41) is 0.760. The zero-order valence-corrected chi connectivity index (χ0v) is 9.34. The van der Waals surface area contributed by atoms with Crippen LogP contribution in [0.1, 0.15) is 28.8 Å². The summed E-state index contributed by atoms with van der Waals surface area (Å²) < 4.78 is 0. The molecule has 1 aliphatic rings. The van der Waals surface area contributed by atoms with Crippen LogP contribution in [0.5, 0.6) is 0 Å². The van der Waals surface area contributed by atoms with E-state index in [4.69, 9.17) is 0 Å². The normalized spacial score (nSPS) is 15.0. The fourth-order valence-electron chi connectivity index (χ4n) is 1.37. The van der Waals surface area contributed by atoms with Crippen molar-refractivity contribution in [2.45, 2.75) is 29.9 Å². The highest BCUT2D eigenvalue weighted by Gasteiger charge is 2.23. The maximum absolute atomic E-state index is 11.1. The van der Waals surface area contributed by atoms with Gasteiger partial charge in [0.2, 0.25) is 5.78 Å². The van der Waals surface area contributed by atoms with Gasteiger partial charge in [-0.3, -0.25) is 9.59 Å². The SMILES string of the molecule is Cc1cc(C(=O)C=O)ccc1SC1CC1. The first-order valence-corrected chi connectivity index (χ1v) is 5.85. The van der Waals surface area contributed by atoms with Crippen LogP contribution < -0.4 is 0 Å². The van der Waals surface area contributed by atoms with Gasteiger partial charge >= 0.3 is 0 Å². The van der Waals surface area contributed by atoms with E-state index in [1.807, 2.05) is 24.8 Å². The first kappa shape index (κ1) is 10.4. The lowest BCUT2D eigenvalue weighted by Crippen LogP contribution is -2.00. The quantitative estimate of drug-likeness (QED) is 0.444. The van der Waals surface area contributed by atoms with Gasteiger partial charge in [-0.05, 0) is 43.5 Å². The lowest BCUT2D eigenvalue weighted by atomic mass is 10.1. The van der Waals surface area contributed by atoms with Crippen LogP contribution in [-0.2, 0) is 4.79 Å². The molecule has 1 saturated carbocycles. The molecule has 0 radical (unpaired) electrons. The lowest BCUT2D eigenvalue weighted by molar-refractivity contribution is -0.104. The van der Waals surface area contributed by atoms with Gasteiger partial charge < -0.3 is 0 Å². The van der Waals surface area contributed by atoms with Crippen LogP contribution in [-0.4, -0.2) is 17.3 Å². The van der Waals surface area contributed by atoms with Crippen molar-refractivity contribution in [3.8, 4) is 0 Å². The molecule has 78 valence electrons. The van der Waals surface area contributed by atoms with Crippen molar-refractivity contribution < 1.29 is 9.59 Å². The van der Waals surface area contributed by atoms with E-state index in [9.17, 15) is 9.59 Å². The summed E-state index contributed by atoms with van der Waals surface area (Å²) in [4.78, 5) is 22.7. The van der Waals surface area contributed by atoms with Crippen LogP contribution in [0.4, 0.5) is 0 Å². The van der Waals surface area contributed by atoms with E-state index >= 15 is 0 Å². The Kier molecular flexibility index (Phi) is 2.91. The average Bonchev–Trinajstić information content (AvgIpc) is 3.04. The second kappa shape index (κ2) is 4.19. The maximum Gasteiger partial charge on any atom is 0.225 e. The molecule has 0 bridgehead atoms.